The number of pyridine rings is 1. The number of carbonyl (C=O) groups excluding carboxylic acids is 2. The molecule has 2 heterocycles. The van der Waals surface area contributed by atoms with Crippen molar-refractivity contribution in [3.05, 3.63) is 101 Å². The number of anilines is 1. The number of carbonyl (C=O) groups is 2. The van der Waals surface area contributed by atoms with Crippen molar-refractivity contribution < 1.29 is 9.59 Å². The molecule has 1 amide bonds. The van der Waals surface area contributed by atoms with Crippen molar-refractivity contribution in [1.82, 2.24) is 9.88 Å². The second-order valence-electron chi connectivity index (χ2n) is 7.06. The highest BCUT2D eigenvalue weighted by atomic mass is 16.2. The largest absolute Gasteiger partial charge is 0.399 e. The van der Waals surface area contributed by atoms with E-state index in [9.17, 15) is 9.59 Å². The summed E-state index contributed by atoms with van der Waals surface area (Å²) in [5.74, 6) is -0.494. The minimum Gasteiger partial charge on any atom is -0.399 e. The van der Waals surface area contributed by atoms with Crippen LogP contribution in [-0.2, 0) is 4.79 Å². The molecular formula is C24H21N3O2. The molecule has 2 N–H and O–H groups in total. The third kappa shape index (κ3) is 4.09. The van der Waals surface area contributed by atoms with Crippen molar-refractivity contribution >= 4 is 23.5 Å². The highest BCUT2D eigenvalue weighted by Gasteiger charge is 2.34. The lowest BCUT2D eigenvalue weighted by atomic mass is 9.85. The van der Waals surface area contributed by atoms with E-state index in [1.807, 2.05) is 48.5 Å². The molecule has 0 aliphatic carbocycles. The lowest BCUT2D eigenvalue weighted by Gasteiger charge is -2.34. The van der Waals surface area contributed by atoms with Crippen LogP contribution in [0.1, 0.15) is 27.5 Å². The molecule has 144 valence electrons. The number of likely N-dealkylation sites (tertiary alicyclic amines) is 1. The van der Waals surface area contributed by atoms with Crippen LogP contribution in [-0.4, -0.2) is 34.7 Å². The summed E-state index contributed by atoms with van der Waals surface area (Å²) >= 11 is 0. The summed E-state index contributed by atoms with van der Waals surface area (Å²) in [6.45, 7) is 0.591. The number of hydrogen-bond acceptors (Lipinski definition) is 4. The summed E-state index contributed by atoms with van der Waals surface area (Å²) in [6.07, 6.45) is 3.46. The predicted molar refractivity (Wildman–Crippen MR) is 113 cm³/mol. The fraction of sp³-hybridized carbons (Fsp3) is 0.125. The first-order chi connectivity index (χ1) is 14.1. The fourth-order valence-corrected chi connectivity index (χ4v) is 3.54. The highest BCUT2D eigenvalue weighted by molar-refractivity contribution is 6.07. The van der Waals surface area contributed by atoms with Crippen molar-refractivity contribution in [3.8, 4) is 0 Å². The number of benzene rings is 2. The van der Waals surface area contributed by atoms with Gasteiger partial charge in [0.1, 0.15) is 0 Å². The van der Waals surface area contributed by atoms with Crippen LogP contribution in [0, 0.1) is 0 Å². The maximum absolute atomic E-state index is 13.2. The predicted octanol–water partition coefficient (Wildman–Crippen LogP) is 3.56. The molecule has 0 radical (unpaired) electrons. The van der Waals surface area contributed by atoms with Crippen LogP contribution in [0.15, 0.2) is 84.6 Å². The van der Waals surface area contributed by atoms with Crippen molar-refractivity contribution in [2.24, 2.45) is 0 Å². The molecule has 29 heavy (non-hydrogen) atoms. The molecule has 0 bridgehead atoms. The summed E-state index contributed by atoms with van der Waals surface area (Å²) in [5.41, 5.74) is 9.08. The normalized spacial score (nSPS) is 18.1. The van der Waals surface area contributed by atoms with Crippen LogP contribution in [0.3, 0.4) is 0 Å². The Morgan fingerprint density at radius 2 is 1.72 bits per heavy atom. The molecule has 1 atom stereocenters. The molecular weight excluding hydrogens is 362 g/mol. The second kappa shape index (κ2) is 8.10. The van der Waals surface area contributed by atoms with Crippen molar-refractivity contribution in [1.29, 1.82) is 0 Å². The Morgan fingerprint density at radius 1 is 1.00 bits per heavy atom. The van der Waals surface area contributed by atoms with Gasteiger partial charge in [-0.1, -0.05) is 36.4 Å². The van der Waals surface area contributed by atoms with Gasteiger partial charge in [0.05, 0.1) is 11.6 Å². The van der Waals surface area contributed by atoms with Gasteiger partial charge in [0.15, 0.2) is 5.78 Å². The van der Waals surface area contributed by atoms with E-state index in [2.05, 4.69) is 4.98 Å². The van der Waals surface area contributed by atoms with Gasteiger partial charge >= 0.3 is 0 Å². The number of hydrogen-bond donors (Lipinski definition) is 1. The Labute approximate surface area is 169 Å². The molecule has 2 aromatic carbocycles. The summed E-state index contributed by atoms with van der Waals surface area (Å²) in [7, 11) is 0. The molecule has 4 rings (SSSR count). The monoisotopic (exact) mass is 383 g/mol. The molecule has 1 saturated heterocycles. The molecule has 1 aromatic heterocycles. The molecule has 0 spiro atoms. The first kappa shape index (κ1) is 18.6. The fourth-order valence-electron chi connectivity index (χ4n) is 3.54. The number of nitrogen functional groups attached to an aromatic ring is 1. The maximum atomic E-state index is 13.2. The van der Waals surface area contributed by atoms with Gasteiger partial charge in [-0.3, -0.25) is 14.6 Å². The highest BCUT2D eigenvalue weighted by Crippen LogP contribution is 2.29. The lowest BCUT2D eigenvalue weighted by molar-refractivity contribution is -0.118. The van der Waals surface area contributed by atoms with Gasteiger partial charge in [0.25, 0.3) is 5.91 Å². The third-order valence-electron chi connectivity index (χ3n) is 5.05. The van der Waals surface area contributed by atoms with Crippen LogP contribution >= 0.6 is 0 Å². The number of ketones is 1. The first-order valence-corrected chi connectivity index (χ1v) is 9.47. The maximum Gasteiger partial charge on any atom is 0.254 e. The van der Waals surface area contributed by atoms with Gasteiger partial charge in [0.2, 0.25) is 0 Å². The van der Waals surface area contributed by atoms with E-state index in [-0.39, 0.29) is 18.2 Å². The van der Waals surface area contributed by atoms with Gasteiger partial charge in [-0.15, -0.1) is 0 Å². The van der Waals surface area contributed by atoms with Crippen LogP contribution in [0.4, 0.5) is 5.69 Å². The number of nitrogens with two attached hydrogens (primary N) is 1. The van der Waals surface area contributed by atoms with E-state index >= 15 is 0 Å². The van der Waals surface area contributed by atoms with E-state index in [1.165, 1.54) is 0 Å². The smallest absolute Gasteiger partial charge is 0.254 e. The minimum absolute atomic E-state index is 0.0307. The summed E-state index contributed by atoms with van der Waals surface area (Å²) in [4.78, 5) is 32.4. The van der Waals surface area contributed by atoms with E-state index in [4.69, 9.17) is 5.73 Å². The number of aromatic nitrogens is 1. The van der Waals surface area contributed by atoms with Crippen LogP contribution in [0.25, 0.3) is 6.08 Å². The van der Waals surface area contributed by atoms with Crippen molar-refractivity contribution in [2.75, 3.05) is 18.8 Å². The molecule has 1 aliphatic heterocycles. The Balaban J connectivity index is 1.70. The topological polar surface area (TPSA) is 76.3 Å². The third-order valence-corrected chi connectivity index (χ3v) is 5.05. The molecule has 1 aliphatic rings. The molecule has 5 heteroatoms. The zero-order valence-corrected chi connectivity index (χ0v) is 15.9. The number of rotatable bonds is 3. The van der Waals surface area contributed by atoms with Gasteiger partial charge in [-0.25, -0.2) is 0 Å². The van der Waals surface area contributed by atoms with E-state index in [0.29, 0.717) is 29.1 Å². The number of amides is 1. The zero-order valence-electron chi connectivity index (χ0n) is 15.9. The Kier molecular flexibility index (Phi) is 5.20. The average molecular weight is 383 g/mol. The Hall–Kier alpha value is -3.73. The molecule has 1 fully saturated rings. The van der Waals surface area contributed by atoms with Crippen LogP contribution in [0.5, 0.6) is 0 Å². The Morgan fingerprint density at radius 3 is 2.41 bits per heavy atom. The Bertz CT molecular complexity index is 1040. The van der Waals surface area contributed by atoms with Crippen LogP contribution in [0.2, 0.25) is 0 Å². The molecule has 3 aromatic rings. The van der Waals surface area contributed by atoms with Gasteiger partial charge in [-0.05, 0) is 48.0 Å². The molecule has 0 saturated carbocycles. The summed E-state index contributed by atoms with van der Waals surface area (Å²) < 4.78 is 0. The van der Waals surface area contributed by atoms with Crippen LogP contribution < -0.4 is 5.73 Å². The standard InChI is InChI=1S/C24H21N3O2/c25-20-11-9-18(10-12-20)24(29)27-15-19(14-21-8-4-5-13-26-21)23(28)22(16-27)17-6-2-1-3-7-17/h1-14,22H,15-16,25H2/b19-14-. The van der Waals surface area contributed by atoms with Gasteiger partial charge < -0.3 is 10.6 Å². The summed E-state index contributed by atoms with van der Waals surface area (Å²) in [5, 5.41) is 0. The van der Waals surface area contributed by atoms with E-state index in [1.54, 1.807) is 41.4 Å². The quantitative estimate of drug-likeness (QED) is 0.554. The lowest BCUT2D eigenvalue weighted by Crippen LogP contribution is -2.44. The van der Waals surface area contributed by atoms with Gasteiger partial charge in [-0.2, -0.15) is 0 Å². The van der Waals surface area contributed by atoms with E-state index in [0.717, 1.165) is 5.56 Å². The van der Waals surface area contributed by atoms with E-state index < -0.39 is 5.92 Å². The molecule has 1 unspecified atom stereocenters. The van der Waals surface area contributed by atoms with Crippen molar-refractivity contribution in [2.45, 2.75) is 5.92 Å². The first-order valence-electron chi connectivity index (χ1n) is 9.47. The number of Topliss-reactive ketones (excluding diaryl/α,β-unsaturated/α-hetero) is 1. The summed E-state index contributed by atoms with van der Waals surface area (Å²) in [6, 6.07) is 22.0. The SMILES string of the molecule is Nc1ccc(C(=O)N2C/C(=C/c3ccccn3)C(=O)C(c3ccccc3)C2)cc1. The average Bonchev–Trinajstić information content (AvgIpc) is 2.76. The zero-order chi connectivity index (χ0) is 20.2. The minimum atomic E-state index is -0.405. The number of nitrogens with zero attached hydrogens (tertiary/aromatic N) is 2. The second-order valence-corrected chi connectivity index (χ2v) is 7.06. The van der Waals surface area contributed by atoms with Crippen molar-refractivity contribution in [3.63, 3.8) is 0 Å². The van der Waals surface area contributed by atoms with Gasteiger partial charge in [0, 0.05) is 36.1 Å². The molecule has 5 nitrogen and oxygen atoms in total. The number of piperidine rings is 1.